The second-order valence-corrected chi connectivity index (χ2v) is 8.05. The lowest BCUT2D eigenvalue weighted by molar-refractivity contribution is -0.148. The van der Waals surface area contributed by atoms with Crippen molar-refractivity contribution in [1.82, 2.24) is 5.32 Å². The van der Waals surface area contributed by atoms with Crippen molar-refractivity contribution in [1.29, 1.82) is 0 Å². The smallest absolute Gasteiger partial charge is 0.324 e. The Morgan fingerprint density at radius 1 is 1.08 bits per heavy atom. The standard InChI is InChI=1S/C14H31NO8Si/c1-4-22-24(23-5-2)9(3)6-7-15-14(21)13(20)12(19)11(18)10(17)8-16/h9-13,16-20,24H,4-8H2,1-3H3,(H,15,21). The van der Waals surface area contributed by atoms with Gasteiger partial charge in [-0.2, -0.15) is 0 Å². The molecule has 0 rings (SSSR count). The molecule has 10 heteroatoms. The summed E-state index contributed by atoms with van der Waals surface area (Å²) in [5, 5.41) is 49.2. The number of rotatable bonds is 13. The summed E-state index contributed by atoms with van der Waals surface area (Å²) in [5.74, 6) is -0.870. The van der Waals surface area contributed by atoms with E-state index in [1.54, 1.807) is 0 Å². The van der Waals surface area contributed by atoms with Crippen molar-refractivity contribution in [3.05, 3.63) is 0 Å². The molecule has 0 aromatic heterocycles. The first kappa shape index (κ1) is 23.4. The highest BCUT2D eigenvalue weighted by Gasteiger charge is 2.34. The molecule has 9 nitrogen and oxygen atoms in total. The quantitative estimate of drug-likeness (QED) is 0.197. The first-order chi connectivity index (χ1) is 11.3. The van der Waals surface area contributed by atoms with Gasteiger partial charge in [-0.3, -0.25) is 4.79 Å². The van der Waals surface area contributed by atoms with Gasteiger partial charge in [0.1, 0.15) is 18.3 Å². The SMILES string of the molecule is CCO[SiH](OCC)C(C)CCNC(=O)C(O)C(O)C(O)C(O)CO. The van der Waals surface area contributed by atoms with Crippen LogP contribution in [0.1, 0.15) is 27.2 Å². The number of carbonyl (C=O) groups excluding carboxylic acids is 1. The maximum atomic E-state index is 11.8. The third-order valence-corrected chi connectivity index (χ3v) is 6.14. The predicted molar refractivity (Wildman–Crippen MR) is 88.6 cm³/mol. The lowest BCUT2D eigenvalue weighted by atomic mass is 10.0. The van der Waals surface area contributed by atoms with Crippen molar-refractivity contribution in [2.24, 2.45) is 0 Å². The van der Waals surface area contributed by atoms with E-state index in [0.29, 0.717) is 19.6 Å². The second-order valence-electron chi connectivity index (χ2n) is 5.51. The lowest BCUT2D eigenvalue weighted by Crippen LogP contribution is -2.51. The molecule has 6 N–H and O–H groups in total. The first-order valence-corrected chi connectivity index (χ1v) is 9.75. The van der Waals surface area contributed by atoms with Crippen LogP contribution < -0.4 is 5.32 Å². The van der Waals surface area contributed by atoms with E-state index in [9.17, 15) is 25.2 Å². The molecule has 0 fully saturated rings. The molecular formula is C14H31NO8Si. The van der Waals surface area contributed by atoms with E-state index in [1.807, 2.05) is 20.8 Å². The van der Waals surface area contributed by atoms with Crippen molar-refractivity contribution in [3.63, 3.8) is 0 Å². The summed E-state index contributed by atoms with van der Waals surface area (Å²) in [6, 6.07) is 0. The van der Waals surface area contributed by atoms with Crippen LogP contribution in [0.25, 0.3) is 0 Å². The van der Waals surface area contributed by atoms with E-state index < -0.39 is 46.2 Å². The molecule has 5 atom stereocenters. The Kier molecular flexibility index (Phi) is 12.4. The molecule has 0 aromatic carbocycles. The molecule has 144 valence electrons. The van der Waals surface area contributed by atoms with E-state index in [2.05, 4.69) is 5.32 Å². The molecular weight excluding hydrogens is 338 g/mol. The normalized spacial score (nSPS) is 18.0. The number of nitrogens with one attached hydrogen (secondary N) is 1. The zero-order valence-electron chi connectivity index (χ0n) is 14.5. The van der Waals surface area contributed by atoms with E-state index >= 15 is 0 Å². The fraction of sp³-hybridized carbons (Fsp3) is 0.929. The molecule has 1 amide bonds. The minimum atomic E-state index is -1.91. The van der Waals surface area contributed by atoms with Crippen molar-refractivity contribution in [3.8, 4) is 0 Å². The molecule has 0 saturated carbocycles. The fourth-order valence-electron chi connectivity index (χ4n) is 2.05. The summed E-state index contributed by atoms with van der Waals surface area (Å²) in [6.07, 6.45) is -6.72. The number of aliphatic hydroxyl groups is 5. The van der Waals surface area contributed by atoms with E-state index in [-0.39, 0.29) is 12.1 Å². The summed E-state index contributed by atoms with van der Waals surface area (Å²) >= 11 is 0. The van der Waals surface area contributed by atoms with Gasteiger partial charge in [-0.1, -0.05) is 6.92 Å². The molecule has 0 bridgehead atoms. The molecule has 24 heavy (non-hydrogen) atoms. The molecule has 0 aliphatic heterocycles. The highest BCUT2D eigenvalue weighted by molar-refractivity contribution is 6.46. The molecule has 0 aromatic rings. The monoisotopic (exact) mass is 369 g/mol. The summed E-state index contributed by atoms with van der Waals surface area (Å²) in [7, 11) is -1.83. The van der Waals surface area contributed by atoms with Gasteiger partial charge in [0.05, 0.1) is 6.61 Å². The van der Waals surface area contributed by atoms with Crippen LogP contribution in [0, 0.1) is 0 Å². The minimum Gasteiger partial charge on any atom is -0.397 e. The molecule has 0 radical (unpaired) electrons. The van der Waals surface area contributed by atoms with Crippen LogP contribution in [0.5, 0.6) is 0 Å². The minimum absolute atomic E-state index is 0.133. The van der Waals surface area contributed by atoms with Crippen LogP contribution in [0.2, 0.25) is 5.54 Å². The van der Waals surface area contributed by atoms with Gasteiger partial charge in [0.2, 0.25) is 0 Å². The van der Waals surface area contributed by atoms with Gasteiger partial charge in [0, 0.05) is 19.8 Å². The molecule has 0 heterocycles. The van der Waals surface area contributed by atoms with Crippen molar-refractivity contribution in [2.45, 2.75) is 57.1 Å². The van der Waals surface area contributed by atoms with Gasteiger partial charge >= 0.3 is 9.28 Å². The van der Waals surface area contributed by atoms with Gasteiger partial charge in [-0.15, -0.1) is 0 Å². The van der Waals surface area contributed by atoms with Crippen molar-refractivity contribution >= 4 is 15.2 Å². The van der Waals surface area contributed by atoms with Gasteiger partial charge < -0.3 is 39.7 Å². The molecule has 5 unspecified atom stereocenters. The Morgan fingerprint density at radius 3 is 2.08 bits per heavy atom. The largest absolute Gasteiger partial charge is 0.397 e. The van der Waals surface area contributed by atoms with Gasteiger partial charge in [0.25, 0.3) is 5.91 Å². The number of hydrogen-bond acceptors (Lipinski definition) is 8. The number of amides is 1. The zero-order chi connectivity index (χ0) is 18.7. The van der Waals surface area contributed by atoms with Gasteiger partial charge in [-0.05, 0) is 25.8 Å². The number of carbonyl (C=O) groups is 1. The van der Waals surface area contributed by atoms with Crippen molar-refractivity contribution in [2.75, 3.05) is 26.4 Å². The summed E-state index contributed by atoms with van der Waals surface area (Å²) in [4.78, 5) is 11.8. The van der Waals surface area contributed by atoms with Crippen LogP contribution in [0.4, 0.5) is 0 Å². The number of aliphatic hydroxyl groups excluding tert-OH is 5. The van der Waals surface area contributed by atoms with E-state index in [1.165, 1.54) is 0 Å². The zero-order valence-corrected chi connectivity index (χ0v) is 15.6. The van der Waals surface area contributed by atoms with Gasteiger partial charge in [0.15, 0.2) is 6.10 Å². The summed E-state index contributed by atoms with van der Waals surface area (Å²) in [5.41, 5.74) is 0.133. The van der Waals surface area contributed by atoms with Crippen LogP contribution in [0.15, 0.2) is 0 Å². The Hall–Kier alpha value is -0.593. The molecule has 0 spiro atoms. The summed E-state index contributed by atoms with van der Waals surface area (Å²) < 4.78 is 11.2. The third-order valence-electron chi connectivity index (χ3n) is 3.55. The third kappa shape index (κ3) is 7.99. The highest BCUT2D eigenvalue weighted by Crippen LogP contribution is 2.16. The fourth-order valence-corrected chi connectivity index (χ4v) is 3.90. The van der Waals surface area contributed by atoms with Crippen LogP contribution in [-0.2, 0) is 13.6 Å². The second kappa shape index (κ2) is 12.7. The Bertz CT molecular complexity index is 343. The van der Waals surface area contributed by atoms with Crippen LogP contribution in [0.3, 0.4) is 0 Å². The predicted octanol–water partition coefficient (Wildman–Crippen LogP) is -2.39. The average molecular weight is 369 g/mol. The Labute approximate surface area is 144 Å². The molecule has 0 aliphatic rings. The maximum Gasteiger partial charge on any atom is 0.324 e. The number of hydrogen-bond donors (Lipinski definition) is 6. The van der Waals surface area contributed by atoms with E-state index in [0.717, 1.165) is 0 Å². The Morgan fingerprint density at radius 2 is 1.62 bits per heavy atom. The lowest BCUT2D eigenvalue weighted by Gasteiger charge is -2.25. The van der Waals surface area contributed by atoms with Crippen molar-refractivity contribution < 1.29 is 39.2 Å². The average Bonchev–Trinajstić information content (AvgIpc) is 2.58. The topological polar surface area (TPSA) is 149 Å². The molecule has 0 saturated heterocycles. The van der Waals surface area contributed by atoms with Gasteiger partial charge in [-0.25, -0.2) is 0 Å². The molecule has 0 aliphatic carbocycles. The Balaban J connectivity index is 4.32. The highest BCUT2D eigenvalue weighted by atomic mass is 28.3. The first-order valence-electron chi connectivity index (χ1n) is 8.14. The van der Waals surface area contributed by atoms with Crippen LogP contribution >= 0.6 is 0 Å². The van der Waals surface area contributed by atoms with Crippen LogP contribution in [-0.4, -0.2) is 91.5 Å². The van der Waals surface area contributed by atoms with E-state index in [4.69, 9.17) is 14.0 Å². The maximum absolute atomic E-state index is 11.8. The summed E-state index contributed by atoms with van der Waals surface area (Å²) in [6.45, 7) is 6.29.